The van der Waals surface area contributed by atoms with Crippen LogP contribution < -0.4 is 16.4 Å². The van der Waals surface area contributed by atoms with Gasteiger partial charge in [0.05, 0.1) is 0 Å². The fourth-order valence-corrected chi connectivity index (χ4v) is 5.61. The smallest absolute Gasteiger partial charge is 0.352 e. The fraction of sp³-hybridized carbons (Fsp3) is 0.273. The SMILES string of the molecule is CCO/N=C(\C(=O)N[C@@H]1C(=O)N2C(C(=O)O)=C(CNC(=O)c3ccc(O)c(O)c3)CSC12)c1csc(N)n1. The fourth-order valence-electron chi connectivity index (χ4n) is 3.71. The number of amides is 3. The number of oxime groups is 1. The molecule has 1 unspecified atom stereocenters. The number of phenols is 2. The summed E-state index contributed by atoms with van der Waals surface area (Å²) in [6.07, 6.45) is 0. The third-order valence-electron chi connectivity index (χ3n) is 5.50. The number of thioether (sulfide) groups is 1. The Morgan fingerprint density at radius 1 is 1.29 bits per heavy atom. The molecule has 2 aliphatic heterocycles. The molecule has 0 spiro atoms. The number of aromatic nitrogens is 1. The van der Waals surface area contributed by atoms with Gasteiger partial charge in [-0.1, -0.05) is 5.16 Å². The van der Waals surface area contributed by atoms with Gasteiger partial charge in [-0.15, -0.1) is 23.1 Å². The molecule has 1 aromatic heterocycles. The van der Waals surface area contributed by atoms with Crippen LogP contribution in [0.1, 0.15) is 23.0 Å². The number of carboxylic acid groups (broad SMARTS) is 1. The second-order valence-corrected chi connectivity index (χ2v) is 9.93. The van der Waals surface area contributed by atoms with Crippen LogP contribution in [0.25, 0.3) is 0 Å². The number of fused-ring (bicyclic) bond motifs is 1. The topological polar surface area (TPSA) is 217 Å². The lowest BCUT2D eigenvalue weighted by atomic mass is 10.0. The number of anilines is 1. The van der Waals surface area contributed by atoms with Gasteiger partial charge >= 0.3 is 5.97 Å². The highest BCUT2D eigenvalue weighted by molar-refractivity contribution is 8.00. The molecule has 0 aliphatic carbocycles. The molecular formula is C22H22N6O8S2. The first-order chi connectivity index (χ1) is 18.1. The van der Waals surface area contributed by atoms with Gasteiger partial charge in [0.2, 0.25) is 0 Å². The average Bonchev–Trinajstić information content (AvgIpc) is 3.32. The van der Waals surface area contributed by atoms with E-state index < -0.39 is 46.6 Å². The number of aromatic hydroxyl groups is 2. The van der Waals surface area contributed by atoms with Gasteiger partial charge in [0.25, 0.3) is 17.7 Å². The maximum absolute atomic E-state index is 13.0. The molecule has 1 aromatic carbocycles. The third kappa shape index (κ3) is 5.21. The van der Waals surface area contributed by atoms with Crippen molar-refractivity contribution in [2.24, 2.45) is 5.16 Å². The van der Waals surface area contributed by atoms with E-state index in [-0.39, 0.29) is 52.3 Å². The lowest BCUT2D eigenvalue weighted by molar-refractivity contribution is -0.150. The predicted molar refractivity (Wildman–Crippen MR) is 136 cm³/mol. The summed E-state index contributed by atoms with van der Waals surface area (Å²) in [5.74, 6) is -4.08. The molecule has 1 fully saturated rings. The molecule has 1 saturated heterocycles. The summed E-state index contributed by atoms with van der Waals surface area (Å²) in [4.78, 5) is 60.5. The molecular weight excluding hydrogens is 540 g/mol. The Hall–Kier alpha value is -4.31. The zero-order valence-corrected chi connectivity index (χ0v) is 21.3. The Labute approximate surface area is 223 Å². The van der Waals surface area contributed by atoms with Gasteiger partial charge < -0.3 is 36.5 Å². The van der Waals surface area contributed by atoms with E-state index in [4.69, 9.17) is 10.6 Å². The Kier molecular flexibility index (Phi) is 7.72. The number of nitrogens with zero attached hydrogens (tertiary/aromatic N) is 3. The summed E-state index contributed by atoms with van der Waals surface area (Å²) in [6, 6.07) is 2.48. The second kappa shape index (κ2) is 11.0. The zero-order valence-electron chi connectivity index (χ0n) is 19.7. The predicted octanol–water partition coefficient (Wildman–Crippen LogP) is 0.0457. The van der Waals surface area contributed by atoms with Gasteiger partial charge in [0, 0.05) is 23.2 Å². The van der Waals surface area contributed by atoms with Crippen LogP contribution in [0.2, 0.25) is 0 Å². The van der Waals surface area contributed by atoms with Crippen molar-refractivity contribution in [1.82, 2.24) is 20.5 Å². The standard InChI is InChI=1S/C22H22N6O8S2/c1-2-36-27-14(11-8-38-22(23)25-11)18(32)26-15-19(33)28-16(21(34)35)10(7-37-20(15)28)6-24-17(31)9-3-4-12(29)13(30)5-9/h3-5,8,15,20,29-30H,2,6-7H2,1H3,(H2,23,25)(H,24,31)(H,26,32)(H,34,35)/b27-14-/t15-,20?/m1/s1. The maximum Gasteiger partial charge on any atom is 0.352 e. The number of rotatable bonds is 9. The van der Waals surface area contributed by atoms with Crippen molar-refractivity contribution in [3.8, 4) is 11.5 Å². The van der Waals surface area contributed by atoms with E-state index in [1.807, 2.05) is 0 Å². The highest BCUT2D eigenvalue weighted by Crippen LogP contribution is 2.40. The van der Waals surface area contributed by atoms with Crippen molar-refractivity contribution in [3.63, 3.8) is 0 Å². The minimum absolute atomic E-state index is 0.0494. The van der Waals surface area contributed by atoms with Gasteiger partial charge in [-0.05, 0) is 30.7 Å². The number of aliphatic carboxylic acids is 1. The number of nitrogen functional groups attached to an aromatic ring is 1. The second-order valence-electron chi connectivity index (χ2n) is 7.93. The molecule has 200 valence electrons. The Morgan fingerprint density at radius 2 is 2.05 bits per heavy atom. The van der Waals surface area contributed by atoms with Gasteiger partial charge in [-0.2, -0.15) is 0 Å². The highest BCUT2D eigenvalue weighted by atomic mass is 32.2. The summed E-state index contributed by atoms with van der Waals surface area (Å²) in [7, 11) is 0. The normalized spacial score (nSPS) is 18.9. The van der Waals surface area contributed by atoms with Crippen LogP contribution in [0.4, 0.5) is 5.13 Å². The molecule has 0 bridgehead atoms. The van der Waals surface area contributed by atoms with Crippen molar-refractivity contribution < 1.29 is 39.3 Å². The first-order valence-corrected chi connectivity index (χ1v) is 13.0. The van der Waals surface area contributed by atoms with E-state index in [9.17, 15) is 34.5 Å². The minimum atomic E-state index is -1.36. The molecule has 2 aliphatic rings. The zero-order chi connectivity index (χ0) is 27.6. The number of hydrogen-bond acceptors (Lipinski definition) is 12. The first-order valence-electron chi connectivity index (χ1n) is 11.0. The lowest BCUT2D eigenvalue weighted by Crippen LogP contribution is -2.71. The first kappa shape index (κ1) is 26.7. The van der Waals surface area contributed by atoms with Crippen LogP contribution in [-0.2, 0) is 19.2 Å². The molecule has 7 N–H and O–H groups in total. The molecule has 14 nitrogen and oxygen atoms in total. The molecule has 0 saturated carbocycles. The Morgan fingerprint density at radius 3 is 2.68 bits per heavy atom. The summed E-state index contributed by atoms with van der Waals surface area (Å²) < 4.78 is 0. The number of carbonyl (C=O) groups is 4. The quantitative estimate of drug-likeness (QED) is 0.104. The molecule has 2 atom stereocenters. The van der Waals surface area contributed by atoms with Crippen LogP contribution in [-0.4, -0.2) is 84.9 Å². The van der Waals surface area contributed by atoms with E-state index in [1.165, 1.54) is 23.2 Å². The van der Waals surface area contributed by atoms with E-state index >= 15 is 0 Å². The Bertz CT molecular complexity index is 1370. The number of phenolic OH excluding ortho intramolecular Hbond substituents is 2. The van der Waals surface area contributed by atoms with E-state index in [0.29, 0.717) is 0 Å². The molecule has 0 radical (unpaired) electrons. The summed E-state index contributed by atoms with van der Waals surface area (Å²) in [5, 5.41) is 38.8. The van der Waals surface area contributed by atoms with Gasteiger partial charge in [-0.25, -0.2) is 9.78 Å². The van der Waals surface area contributed by atoms with Crippen LogP contribution in [0.5, 0.6) is 11.5 Å². The van der Waals surface area contributed by atoms with Crippen molar-refractivity contribution in [2.75, 3.05) is 24.6 Å². The highest BCUT2D eigenvalue weighted by Gasteiger charge is 2.54. The van der Waals surface area contributed by atoms with Crippen molar-refractivity contribution in [2.45, 2.75) is 18.3 Å². The lowest BCUT2D eigenvalue weighted by Gasteiger charge is -2.49. The summed E-state index contributed by atoms with van der Waals surface area (Å²) in [5.41, 5.74) is 5.69. The van der Waals surface area contributed by atoms with Crippen molar-refractivity contribution in [1.29, 1.82) is 0 Å². The Balaban J connectivity index is 1.47. The molecule has 16 heteroatoms. The molecule has 4 rings (SSSR count). The van der Waals surface area contributed by atoms with Crippen molar-refractivity contribution in [3.05, 3.63) is 46.1 Å². The summed E-state index contributed by atoms with van der Waals surface area (Å²) in [6.45, 7) is 1.68. The van der Waals surface area contributed by atoms with Crippen LogP contribution in [0, 0.1) is 0 Å². The van der Waals surface area contributed by atoms with E-state index in [0.717, 1.165) is 28.4 Å². The van der Waals surface area contributed by atoms with E-state index in [2.05, 4.69) is 20.8 Å². The maximum atomic E-state index is 13.0. The number of carboxylic acids is 1. The van der Waals surface area contributed by atoms with Crippen molar-refractivity contribution >= 4 is 57.6 Å². The molecule has 38 heavy (non-hydrogen) atoms. The number of carbonyl (C=O) groups excluding carboxylic acids is 3. The van der Waals surface area contributed by atoms with Gasteiger partial charge in [0.15, 0.2) is 22.3 Å². The largest absolute Gasteiger partial charge is 0.504 e. The number of thiazole rings is 1. The van der Waals surface area contributed by atoms with Crippen LogP contribution in [0.15, 0.2) is 40.0 Å². The molecule has 3 heterocycles. The van der Waals surface area contributed by atoms with Crippen LogP contribution >= 0.6 is 23.1 Å². The van der Waals surface area contributed by atoms with Crippen LogP contribution in [0.3, 0.4) is 0 Å². The van der Waals surface area contributed by atoms with E-state index in [1.54, 1.807) is 6.92 Å². The third-order valence-corrected chi connectivity index (χ3v) is 7.51. The number of β-lactam (4-membered cyclic amide) rings is 1. The van der Waals surface area contributed by atoms with Gasteiger partial charge in [-0.3, -0.25) is 19.3 Å². The van der Waals surface area contributed by atoms with Gasteiger partial charge in [0.1, 0.15) is 29.4 Å². The molecule has 2 aromatic rings. The number of nitrogens with one attached hydrogen (secondary N) is 2. The number of nitrogens with two attached hydrogens (primary N) is 1. The number of benzene rings is 1. The minimum Gasteiger partial charge on any atom is -0.504 e. The summed E-state index contributed by atoms with van der Waals surface area (Å²) >= 11 is 2.31. The monoisotopic (exact) mass is 562 g/mol. The average molecular weight is 563 g/mol. The number of hydrogen-bond donors (Lipinski definition) is 6. The molecule has 3 amide bonds.